The summed E-state index contributed by atoms with van der Waals surface area (Å²) in [6.07, 6.45) is 9.05. The Balaban J connectivity index is 1.89. The van der Waals surface area contributed by atoms with Gasteiger partial charge in [0.25, 0.3) is 0 Å². The van der Waals surface area contributed by atoms with E-state index < -0.39 is 11.7 Å². The highest BCUT2D eigenvalue weighted by molar-refractivity contribution is 5.57. The summed E-state index contributed by atoms with van der Waals surface area (Å²) in [5.41, 5.74) is 5.19. The van der Waals surface area contributed by atoms with Crippen LogP contribution in [0.25, 0.3) is 6.08 Å². The maximum atomic E-state index is 10.7. The molecule has 0 heterocycles. The first-order valence-corrected chi connectivity index (χ1v) is 12.3. The lowest BCUT2D eigenvalue weighted by Crippen LogP contribution is -2.26. The summed E-state index contributed by atoms with van der Waals surface area (Å²) >= 11 is 0. The lowest BCUT2D eigenvalue weighted by atomic mass is 9.70. The van der Waals surface area contributed by atoms with Crippen molar-refractivity contribution in [2.45, 2.75) is 83.3 Å². The zero-order valence-corrected chi connectivity index (χ0v) is 20.6. The van der Waals surface area contributed by atoms with Gasteiger partial charge in [-0.3, -0.25) is 0 Å². The first-order chi connectivity index (χ1) is 15.8. The highest BCUT2D eigenvalue weighted by Crippen LogP contribution is 2.41. The van der Waals surface area contributed by atoms with Crippen molar-refractivity contribution in [3.05, 3.63) is 70.3 Å². The smallest absolute Gasteiger partial charge is 0.122 e. The van der Waals surface area contributed by atoms with Crippen LogP contribution >= 0.6 is 0 Å². The fourth-order valence-corrected chi connectivity index (χ4v) is 5.14. The van der Waals surface area contributed by atoms with E-state index in [1.165, 1.54) is 16.7 Å². The maximum absolute atomic E-state index is 10.7. The number of hydrogen-bond acceptors (Lipinski definition) is 4. The molecule has 3 rings (SSSR count). The number of aliphatic hydroxyl groups is 3. The van der Waals surface area contributed by atoms with Crippen LogP contribution in [0.3, 0.4) is 0 Å². The van der Waals surface area contributed by atoms with Crippen molar-refractivity contribution < 1.29 is 20.1 Å². The van der Waals surface area contributed by atoms with Crippen LogP contribution in [0.15, 0.2) is 42.5 Å². The summed E-state index contributed by atoms with van der Waals surface area (Å²) in [5.74, 6) is 0.730. The third-order valence-corrected chi connectivity index (χ3v) is 7.44. The summed E-state index contributed by atoms with van der Waals surface area (Å²) in [6, 6.07) is 13.0. The molecule has 0 spiro atoms. The Hall–Kier alpha value is -2.14. The average Bonchev–Trinajstić information content (AvgIpc) is 3.25. The molecular formula is C29H40O4. The van der Waals surface area contributed by atoms with Crippen LogP contribution in [-0.4, -0.2) is 40.2 Å². The van der Waals surface area contributed by atoms with Crippen molar-refractivity contribution in [3.63, 3.8) is 0 Å². The Bertz CT molecular complexity index is 952. The summed E-state index contributed by atoms with van der Waals surface area (Å²) in [5, 5.41) is 29.3. The quantitative estimate of drug-likeness (QED) is 0.448. The average molecular weight is 453 g/mol. The highest BCUT2D eigenvalue weighted by Gasteiger charge is 2.32. The van der Waals surface area contributed by atoms with Gasteiger partial charge in [-0.15, -0.1) is 0 Å². The fourth-order valence-electron chi connectivity index (χ4n) is 5.14. The standard InChI is InChI=1S/C29H40O4/c1-5-29(6-2,25-11-12-27(22(4)18-25)33-20-26(31)19-30)24-10-9-23(21(3)17-24)13-16-28(32)14-7-8-15-28/h9-13,16-18,26,30-32H,5-8,14-15,19-20H2,1-4H3. The molecule has 33 heavy (non-hydrogen) atoms. The minimum atomic E-state index is -0.876. The van der Waals surface area contributed by atoms with Crippen molar-refractivity contribution >= 4 is 6.08 Å². The molecule has 1 aliphatic rings. The predicted octanol–water partition coefficient (Wildman–Crippen LogP) is 5.46. The van der Waals surface area contributed by atoms with E-state index in [1.54, 1.807) is 0 Å². The minimum absolute atomic E-state index is 0.0761. The lowest BCUT2D eigenvalue weighted by molar-refractivity contribution is 0.0534. The Kier molecular flexibility index (Phi) is 8.38. The van der Waals surface area contributed by atoms with Crippen LogP contribution < -0.4 is 4.74 Å². The van der Waals surface area contributed by atoms with Gasteiger partial charge in [-0.25, -0.2) is 0 Å². The third kappa shape index (κ3) is 5.68. The molecule has 0 saturated heterocycles. The summed E-state index contributed by atoms with van der Waals surface area (Å²) < 4.78 is 5.70. The van der Waals surface area contributed by atoms with E-state index in [9.17, 15) is 10.2 Å². The van der Waals surface area contributed by atoms with E-state index in [2.05, 4.69) is 57.2 Å². The van der Waals surface area contributed by atoms with Crippen LogP contribution in [0.2, 0.25) is 0 Å². The second-order valence-electron chi connectivity index (χ2n) is 9.63. The third-order valence-electron chi connectivity index (χ3n) is 7.44. The van der Waals surface area contributed by atoms with Crippen molar-refractivity contribution in [1.29, 1.82) is 0 Å². The van der Waals surface area contributed by atoms with E-state index >= 15 is 0 Å². The summed E-state index contributed by atoms with van der Waals surface area (Å²) in [4.78, 5) is 0. The van der Waals surface area contributed by atoms with E-state index in [1.807, 2.05) is 19.1 Å². The Morgan fingerprint density at radius 1 is 1.00 bits per heavy atom. The Morgan fingerprint density at radius 2 is 1.61 bits per heavy atom. The Labute approximate surface area is 198 Å². The SMILES string of the molecule is CCC(CC)(c1ccc(C=CC2(O)CCCC2)c(C)c1)c1ccc(OCC(O)CO)c(C)c1. The molecule has 0 bridgehead atoms. The van der Waals surface area contributed by atoms with Crippen molar-refractivity contribution in [2.75, 3.05) is 13.2 Å². The molecular weight excluding hydrogens is 412 g/mol. The number of aliphatic hydroxyl groups excluding tert-OH is 2. The molecule has 1 atom stereocenters. The van der Waals surface area contributed by atoms with Crippen molar-refractivity contribution in [3.8, 4) is 5.75 Å². The van der Waals surface area contributed by atoms with Crippen LogP contribution in [0.4, 0.5) is 0 Å². The van der Waals surface area contributed by atoms with Gasteiger partial charge >= 0.3 is 0 Å². The largest absolute Gasteiger partial charge is 0.491 e. The van der Waals surface area contributed by atoms with Gasteiger partial charge < -0.3 is 20.1 Å². The van der Waals surface area contributed by atoms with Crippen LogP contribution in [0.5, 0.6) is 5.75 Å². The molecule has 2 aromatic carbocycles. The molecule has 4 nitrogen and oxygen atoms in total. The van der Waals surface area contributed by atoms with Gasteiger partial charge in [-0.2, -0.15) is 0 Å². The second-order valence-corrected chi connectivity index (χ2v) is 9.63. The van der Waals surface area contributed by atoms with Gasteiger partial charge in [-0.05, 0) is 73.4 Å². The molecule has 2 aromatic rings. The van der Waals surface area contributed by atoms with E-state index in [0.717, 1.165) is 55.4 Å². The van der Waals surface area contributed by atoms with Gasteiger partial charge in [0.2, 0.25) is 0 Å². The summed E-state index contributed by atoms with van der Waals surface area (Å²) in [6.45, 7) is 8.40. The molecule has 1 unspecified atom stereocenters. The molecule has 0 aromatic heterocycles. The molecule has 4 heteroatoms. The normalized spacial score (nSPS) is 16.9. The molecule has 1 saturated carbocycles. The topological polar surface area (TPSA) is 69.9 Å². The van der Waals surface area contributed by atoms with Gasteiger partial charge in [0, 0.05) is 5.41 Å². The van der Waals surface area contributed by atoms with Crippen LogP contribution in [0, 0.1) is 13.8 Å². The fraction of sp³-hybridized carbons (Fsp3) is 0.517. The molecule has 1 aliphatic carbocycles. The zero-order chi connectivity index (χ0) is 24.1. The number of benzene rings is 2. The molecule has 0 aliphatic heterocycles. The predicted molar refractivity (Wildman–Crippen MR) is 135 cm³/mol. The number of hydrogen-bond donors (Lipinski definition) is 3. The van der Waals surface area contributed by atoms with Crippen molar-refractivity contribution in [1.82, 2.24) is 0 Å². The first kappa shape index (κ1) is 25.5. The van der Waals surface area contributed by atoms with Crippen LogP contribution in [-0.2, 0) is 5.41 Å². The molecule has 1 fully saturated rings. The zero-order valence-electron chi connectivity index (χ0n) is 20.6. The van der Waals surface area contributed by atoms with Crippen LogP contribution in [0.1, 0.15) is 80.2 Å². The van der Waals surface area contributed by atoms with Gasteiger partial charge in [0.05, 0.1) is 12.2 Å². The monoisotopic (exact) mass is 452 g/mol. The molecule has 0 amide bonds. The summed E-state index contributed by atoms with van der Waals surface area (Å²) in [7, 11) is 0. The Morgan fingerprint density at radius 3 is 2.15 bits per heavy atom. The second kappa shape index (κ2) is 10.9. The number of ether oxygens (including phenoxy) is 1. The first-order valence-electron chi connectivity index (χ1n) is 12.3. The van der Waals surface area contributed by atoms with E-state index in [0.29, 0.717) is 0 Å². The lowest BCUT2D eigenvalue weighted by Gasteiger charge is -2.34. The van der Waals surface area contributed by atoms with Crippen molar-refractivity contribution in [2.24, 2.45) is 0 Å². The van der Waals surface area contributed by atoms with Gasteiger partial charge in [-0.1, -0.05) is 69.2 Å². The molecule has 0 radical (unpaired) electrons. The maximum Gasteiger partial charge on any atom is 0.122 e. The number of rotatable bonds is 10. The highest BCUT2D eigenvalue weighted by atomic mass is 16.5. The minimum Gasteiger partial charge on any atom is -0.491 e. The number of aryl methyl sites for hydroxylation is 2. The molecule has 3 N–H and O–H groups in total. The van der Waals surface area contributed by atoms with E-state index in [4.69, 9.17) is 9.84 Å². The molecule has 180 valence electrons. The van der Waals surface area contributed by atoms with E-state index in [-0.39, 0.29) is 18.6 Å². The van der Waals surface area contributed by atoms with Gasteiger partial charge in [0.15, 0.2) is 0 Å². The van der Waals surface area contributed by atoms with Gasteiger partial charge in [0.1, 0.15) is 18.5 Å².